The molecule has 1 rings (SSSR count). The molecule has 0 aliphatic heterocycles. The lowest BCUT2D eigenvalue weighted by Gasteiger charge is -2.11. The fraction of sp³-hybridized carbons (Fsp3) is 0.889. The van der Waals surface area contributed by atoms with E-state index in [0.717, 1.165) is 12.8 Å². The van der Waals surface area contributed by atoms with Crippen LogP contribution in [0.5, 0.6) is 0 Å². The molecule has 0 aromatic rings. The number of nitrogens with zero attached hydrogens (tertiary/aromatic N) is 1. The fourth-order valence-corrected chi connectivity index (χ4v) is 1.84. The van der Waals surface area contributed by atoms with Crippen molar-refractivity contribution in [2.24, 2.45) is 17.3 Å². The van der Waals surface area contributed by atoms with Gasteiger partial charge in [-0.05, 0) is 24.7 Å². The second kappa shape index (κ2) is 2.83. The van der Waals surface area contributed by atoms with Crippen LogP contribution in [-0.2, 0) is 0 Å². The molecule has 1 saturated carbocycles. The minimum absolute atomic E-state index is 0.0945. The summed E-state index contributed by atoms with van der Waals surface area (Å²) < 4.78 is 0. The van der Waals surface area contributed by atoms with Crippen molar-refractivity contribution in [3.05, 3.63) is 0 Å². The number of hydrogen-bond acceptors (Lipinski definition) is 2. The van der Waals surface area contributed by atoms with Gasteiger partial charge in [-0.3, -0.25) is 0 Å². The van der Waals surface area contributed by atoms with Gasteiger partial charge in [0, 0.05) is 6.61 Å². The average molecular weight is 153 g/mol. The van der Waals surface area contributed by atoms with Crippen LogP contribution in [0.4, 0.5) is 0 Å². The van der Waals surface area contributed by atoms with E-state index >= 15 is 0 Å². The molecule has 0 aromatic heterocycles. The van der Waals surface area contributed by atoms with Crippen LogP contribution >= 0.6 is 0 Å². The zero-order valence-corrected chi connectivity index (χ0v) is 7.17. The Bertz CT molecular complexity index is 182. The van der Waals surface area contributed by atoms with Gasteiger partial charge in [0.15, 0.2) is 0 Å². The first-order valence-electron chi connectivity index (χ1n) is 4.19. The first-order chi connectivity index (χ1) is 5.17. The Morgan fingerprint density at radius 1 is 1.73 bits per heavy atom. The maximum atomic E-state index is 8.89. The van der Waals surface area contributed by atoms with Crippen molar-refractivity contribution < 1.29 is 5.11 Å². The van der Waals surface area contributed by atoms with Crippen molar-refractivity contribution in [3.63, 3.8) is 0 Å². The van der Waals surface area contributed by atoms with Gasteiger partial charge in [0.2, 0.25) is 0 Å². The van der Waals surface area contributed by atoms with Crippen LogP contribution in [-0.4, -0.2) is 11.7 Å². The molecule has 0 heterocycles. The van der Waals surface area contributed by atoms with Gasteiger partial charge in [-0.25, -0.2) is 0 Å². The fourth-order valence-electron chi connectivity index (χ4n) is 1.84. The summed E-state index contributed by atoms with van der Waals surface area (Å²) in [5, 5.41) is 17.6. The van der Waals surface area contributed by atoms with Crippen LogP contribution in [0.15, 0.2) is 0 Å². The molecule has 1 aliphatic carbocycles. The van der Waals surface area contributed by atoms with E-state index in [1.807, 2.05) is 0 Å². The monoisotopic (exact) mass is 153 g/mol. The Hall–Kier alpha value is -0.550. The zero-order valence-electron chi connectivity index (χ0n) is 7.17. The lowest BCUT2D eigenvalue weighted by Crippen LogP contribution is -2.10. The molecular weight excluding hydrogens is 138 g/mol. The predicted octanol–water partition coefficient (Wildman–Crippen LogP) is 1.55. The molecule has 0 bridgehead atoms. The smallest absolute Gasteiger partial charge is 0.0695 e. The Balaban J connectivity index is 2.52. The lowest BCUT2D eigenvalue weighted by atomic mass is 9.91. The van der Waals surface area contributed by atoms with Crippen LogP contribution < -0.4 is 0 Å². The highest BCUT2D eigenvalue weighted by molar-refractivity contribution is 5.17. The summed E-state index contributed by atoms with van der Waals surface area (Å²) in [5.74, 6) is 0.890. The second-order valence-corrected chi connectivity index (χ2v) is 3.72. The average Bonchev–Trinajstić information content (AvgIpc) is 2.65. The van der Waals surface area contributed by atoms with Gasteiger partial charge in [-0.15, -0.1) is 0 Å². The van der Waals surface area contributed by atoms with Crippen LogP contribution in [0.2, 0.25) is 0 Å². The molecule has 1 aliphatic rings. The molecule has 2 nitrogen and oxygen atoms in total. The molecule has 11 heavy (non-hydrogen) atoms. The maximum Gasteiger partial charge on any atom is 0.0695 e. The van der Waals surface area contributed by atoms with Crippen LogP contribution in [0, 0.1) is 28.6 Å². The van der Waals surface area contributed by atoms with Crippen molar-refractivity contribution in [2.75, 3.05) is 6.61 Å². The zero-order chi connectivity index (χ0) is 8.48. The summed E-state index contributed by atoms with van der Waals surface area (Å²) in [5.41, 5.74) is -0.0945. The van der Waals surface area contributed by atoms with E-state index in [-0.39, 0.29) is 12.0 Å². The van der Waals surface area contributed by atoms with Gasteiger partial charge in [0.05, 0.1) is 11.5 Å². The van der Waals surface area contributed by atoms with Gasteiger partial charge in [0.25, 0.3) is 0 Å². The normalized spacial score (nSPS) is 35.4. The van der Waals surface area contributed by atoms with Crippen LogP contribution in [0.25, 0.3) is 0 Å². The maximum absolute atomic E-state index is 8.89. The molecule has 1 N–H and O–H groups in total. The summed E-state index contributed by atoms with van der Waals surface area (Å²) in [7, 11) is 0. The van der Waals surface area contributed by atoms with Crippen molar-refractivity contribution >= 4 is 0 Å². The Morgan fingerprint density at radius 3 is 2.64 bits per heavy atom. The highest BCUT2D eigenvalue weighted by atomic mass is 16.3. The van der Waals surface area contributed by atoms with Gasteiger partial charge in [-0.2, -0.15) is 5.26 Å². The predicted molar refractivity (Wildman–Crippen MR) is 42.7 cm³/mol. The van der Waals surface area contributed by atoms with Crippen molar-refractivity contribution in [1.82, 2.24) is 0 Å². The lowest BCUT2D eigenvalue weighted by molar-refractivity contribution is 0.266. The molecular formula is C9H15NO. The SMILES string of the molecule is CC(C)C1(C#N)CC1CCO. The summed E-state index contributed by atoms with van der Waals surface area (Å²) in [6.45, 7) is 4.39. The van der Waals surface area contributed by atoms with Crippen LogP contribution in [0.1, 0.15) is 26.7 Å². The molecule has 62 valence electrons. The standard InChI is InChI=1S/C9H15NO/c1-7(2)9(6-10)5-8(9)3-4-11/h7-8,11H,3-5H2,1-2H3. The molecule has 0 saturated heterocycles. The van der Waals surface area contributed by atoms with Gasteiger partial charge in [0.1, 0.15) is 0 Å². The largest absolute Gasteiger partial charge is 0.396 e. The summed E-state index contributed by atoms with van der Waals surface area (Å²) in [6.07, 6.45) is 1.79. The first kappa shape index (κ1) is 8.55. The third-order valence-electron chi connectivity index (χ3n) is 2.87. The number of nitriles is 1. The molecule has 0 spiro atoms. The van der Waals surface area contributed by atoms with Gasteiger partial charge < -0.3 is 5.11 Å². The van der Waals surface area contributed by atoms with Gasteiger partial charge >= 0.3 is 0 Å². The van der Waals surface area contributed by atoms with E-state index in [0.29, 0.717) is 11.8 Å². The third kappa shape index (κ3) is 1.25. The Kier molecular flexibility index (Phi) is 2.20. The number of aliphatic hydroxyl groups excluding tert-OH is 1. The molecule has 0 radical (unpaired) electrons. The molecule has 0 aromatic carbocycles. The van der Waals surface area contributed by atoms with Crippen molar-refractivity contribution in [1.29, 1.82) is 5.26 Å². The minimum Gasteiger partial charge on any atom is -0.396 e. The molecule has 2 unspecified atom stereocenters. The molecule has 0 amide bonds. The van der Waals surface area contributed by atoms with Crippen molar-refractivity contribution in [2.45, 2.75) is 26.7 Å². The third-order valence-corrected chi connectivity index (χ3v) is 2.87. The molecule has 2 heteroatoms. The highest BCUT2D eigenvalue weighted by Gasteiger charge is 2.56. The van der Waals surface area contributed by atoms with E-state index < -0.39 is 0 Å². The second-order valence-electron chi connectivity index (χ2n) is 3.72. The minimum atomic E-state index is -0.0945. The summed E-state index contributed by atoms with van der Waals surface area (Å²) in [6, 6.07) is 2.38. The Morgan fingerprint density at radius 2 is 2.36 bits per heavy atom. The molecule has 2 atom stereocenters. The van der Waals surface area contributed by atoms with E-state index in [9.17, 15) is 0 Å². The quantitative estimate of drug-likeness (QED) is 0.668. The summed E-state index contributed by atoms with van der Waals surface area (Å²) in [4.78, 5) is 0. The van der Waals surface area contributed by atoms with E-state index in [1.54, 1.807) is 0 Å². The topological polar surface area (TPSA) is 44.0 Å². The number of hydrogen-bond donors (Lipinski definition) is 1. The Labute approximate surface area is 67.8 Å². The highest BCUT2D eigenvalue weighted by Crippen LogP contribution is 2.58. The van der Waals surface area contributed by atoms with E-state index in [4.69, 9.17) is 10.4 Å². The first-order valence-corrected chi connectivity index (χ1v) is 4.19. The number of aliphatic hydroxyl groups is 1. The van der Waals surface area contributed by atoms with E-state index in [2.05, 4.69) is 19.9 Å². The van der Waals surface area contributed by atoms with Crippen LogP contribution in [0.3, 0.4) is 0 Å². The van der Waals surface area contributed by atoms with E-state index in [1.165, 1.54) is 0 Å². The summed E-state index contributed by atoms with van der Waals surface area (Å²) >= 11 is 0. The van der Waals surface area contributed by atoms with Gasteiger partial charge in [-0.1, -0.05) is 13.8 Å². The number of rotatable bonds is 3. The van der Waals surface area contributed by atoms with Crippen molar-refractivity contribution in [3.8, 4) is 6.07 Å². The molecule has 1 fully saturated rings.